The number of methoxy groups -OCH3 is 1. The molecule has 3 aliphatic rings. The van der Waals surface area contributed by atoms with Crippen molar-refractivity contribution in [2.45, 2.75) is 46.0 Å². The lowest BCUT2D eigenvalue weighted by molar-refractivity contribution is -0.138. The zero-order chi connectivity index (χ0) is 21.3. The van der Waals surface area contributed by atoms with Crippen LogP contribution in [0.25, 0.3) is 6.08 Å². The Hall–Kier alpha value is -2.82. The smallest absolute Gasteiger partial charge is 0.337 e. The standard InChI is InChI=1S/C25H29NO4/c1-16-7-9-18(10-8-16)12-19-13-20-6-4-5-11-26-22(27)14-21(23(20)26)24(29-3)17(2)25(28)30-15-19/h7-10,12,20H,4-6,11,13-15H2,1-3H3/b19-12+,24-17+. The van der Waals surface area contributed by atoms with Gasteiger partial charge in [0.05, 0.1) is 19.1 Å². The Labute approximate surface area is 178 Å². The molecule has 0 bridgehead atoms. The highest BCUT2D eigenvalue weighted by Crippen LogP contribution is 2.42. The first-order chi connectivity index (χ1) is 14.5. The molecule has 1 unspecified atom stereocenters. The van der Waals surface area contributed by atoms with E-state index in [9.17, 15) is 9.59 Å². The fourth-order valence-electron chi connectivity index (χ4n) is 4.78. The van der Waals surface area contributed by atoms with Crippen LogP contribution in [0.15, 0.2) is 52.4 Å². The van der Waals surface area contributed by atoms with Crippen molar-refractivity contribution in [3.63, 3.8) is 0 Å². The summed E-state index contributed by atoms with van der Waals surface area (Å²) in [6, 6.07) is 8.33. The van der Waals surface area contributed by atoms with E-state index in [2.05, 4.69) is 37.3 Å². The van der Waals surface area contributed by atoms with Gasteiger partial charge in [-0.3, -0.25) is 4.79 Å². The molecule has 1 aromatic rings. The zero-order valence-electron chi connectivity index (χ0n) is 18.0. The van der Waals surface area contributed by atoms with Gasteiger partial charge < -0.3 is 14.4 Å². The van der Waals surface area contributed by atoms with E-state index in [4.69, 9.17) is 9.47 Å². The van der Waals surface area contributed by atoms with Crippen LogP contribution < -0.4 is 0 Å². The lowest BCUT2D eigenvalue weighted by Gasteiger charge is -2.27. The average molecular weight is 408 g/mol. The summed E-state index contributed by atoms with van der Waals surface area (Å²) in [5.74, 6) is 0.419. The third kappa shape index (κ3) is 3.93. The van der Waals surface area contributed by atoms with Crippen LogP contribution in [0.2, 0.25) is 0 Å². The second-order valence-corrected chi connectivity index (χ2v) is 8.43. The van der Waals surface area contributed by atoms with Gasteiger partial charge >= 0.3 is 5.97 Å². The number of cyclic esters (lactones) is 1. The van der Waals surface area contributed by atoms with Crippen molar-refractivity contribution < 1.29 is 19.1 Å². The number of rotatable bonds is 2. The maximum atomic E-state index is 12.8. The van der Waals surface area contributed by atoms with E-state index < -0.39 is 5.97 Å². The summed E-state index contributed by atoms with van der Waals surface area (Å²) in [5, 5.41) is 0. The molecule has 4 rings (SSSR count). The summed E-state index contributed by atoms with van der Waals surface area (Å²) >= 11 is 0. The topological polar surface area (TPSA) is 55.8 Å². The van der Waals surface area contributed by atoms with E-state index in [0.29, 0.717) is 11.3 Å². The number of aryl methyl sites for hydroxylation is 1. The van der Waals surface area contributed by atoms with Gasteiger partial charge in [0, 0.05) is 23.7 Å². The lowest BCUT2D eigenvalue weighted by Crippen LogP contribution is -2.28. The summed E-state index contributed by atoms with van der Waals surface area (Å²) in [6.07, 6.45) is 6.26. The van der Waals surface area contributed by atoms with Crippen LogP contribution in [0.3, 0.4) is 0 Å². The number of allylic oxidation sites excluding steroid dienone is 2. The molecular formula is C25H29NO4. The third-order valence-electron chi connectivity index (χ3n) is 6.27. The number of nitrogens with zero attached hydrogens (tertiary/aromatic N) is 1. The molecule has 0 spiro atoms. The van der Waals surface area contributed by atoms with Crippen LogP contribution in [0.5, 0.6) is 0 Å². The normalized spacial score (nSPS) is 26.4. The monoisotopic (exact) mass is 407 g/mol. The van der Waals surface area contributed by atoms with Crippen LogP contribution in [-0.4, -0.2) is 37.0 Å². The van der Waals surface area contributed by atoms with Gasteiger partial charge in [-0.15, -0.1) is 0 Å². The van der Waals surface area contributed by atoms with E-state index in [1.54, 1.807) is 14.0 Å². The summed E-state index contributed by atoms with van der Waals surface area (Å²) in [7, 11) is 1.56. The van der Waals surface area contributed by atoms with Crippen LogP contribution in [0.4, 0.5) is 0 Å². The predicted octanol–water partition coefficient (Wildman–Crippen LogP) is 4.53. The molecule has 0 saturated carbocycles. The Morgan fingerprint density at radius 2 is 1.90 bits per heavy atom. The van der Waals surface area contributed by atoms with Crippen molar-refractivity contribution in [3.05, 3.63) is 63.6 Å². The Bertz CT molecular complexity index is 952. The van der Waals surface area contributed by atoms with E-state index in [-0.39, 0.29) is 24.9 Å². The number of amides is 1. The average Bonchev–Trinajstić information content (AvgIpc) is 2.91. The molecule has 0 radical (unpaired) electrons. The summed E-state index contributed by atoms with van der Waals surface area (Å²) < 4.78 is 11.3. The first-order valence-corrected chi connectivity index (χ1v) is 10.7. The molecule has 0 N–H and O–H groups in total. The molecule has 1 atom stereocenters. The Morgan fingerprint density at radius 3 is 2.63 bits per heavy atom. The zero-order valence-corrected chi connectivity index (χ0v) is 18.0. The maximum Gasteiger partial charge on any atom is 0.337 e. The highest BCUT2D eigenvalue weighted by molar-refractivity contribution is 5.92. The van der Waals surface area contributed by atoms with Crippen LogP contribution in [-0.2, 0) is 19.1 Å². The van der Waals surface area contributed by atoms with Crippen LogP contribution >= 0.6 is 0 Å². The quantitative estimate of drug-likeness (QED) is 0.676. The fourth-order valence-corrected chi connectivity index (χ4v) is 4.78. The molecule has 30 heavy (non-hydrogen) atoms. The highest BCUT2D eigenvalue weighted by Gasteiger charge is 2.39. The lowest BCUT2D eigenvalue weighted by atomic mass is 9.88. The molecule has 1 aromatic carbocycles. The molecule has 5 nitrogen and oxygen atoms in total. The van der Waals surface area contributed by atoms with Crippen molar-refractivity contribution in [2.75, 3.05) is 20.3 Å². The van der Waals surface area contributed by atoms with Gasteiger partial charge in [0.1, 0.15) is 12.4 Å². The van der Waals surface area contributed by atoms with Gasteiger partial charge in [-0.1, -0.05) is 42.3 Å². The number of ether oxygens (including phenoxy) is 2. The summed E-state index contributed by atoms with van der Waals surface area (Å²) in [6.45, 7) is 4.77. The number of benzene rings is 1. The van der Waals surface area contributed by atoms with Gasteiger partial charge in [0.25, 0.3) is 0 Å². The molecule has 0 aromatic heterocycles. The molecule has 3 aliphatic heterocycles. The second kappa shape index (κ2) is 8.50. The third-order valence-corrected chi connectivity index (χ3v) is 6.27. The van der Waals surface area contributed by atoms with Crippen molar-refractivity contribution >= 4 is 18.0 Å². The minimum atomic E-state index is -0.396. The molecule has 158 valence electrons. The molecule has 5 heteroatoms. The van der Waals surface area contributed by atoms with Gasteiger partial charge in [-0.2, -0.15) is 0 Å². The molecule has 1 amide bonds. The highest BCUT2D eigenvalue weighted by atomic mass is 16.5. The second-order valence-electron chi connectivity index (χ2n) is 8.43. The molecule has 0 aliphatic carbocycles. The summed E-state index contributed by atoms with van der Waals surface area (Å²) in [5.41, 5.74) is 5.71. The number of carbonyl (C=O) groups excluding carboxylic acids is 2. The van der Waals surface area contributed by atoms with Gasteiger partial charge in [-0.05, 0) is 44.2 Å². The number of hydrogen-bond acceptors (Lipinski definition) is 4. The maximum absolute atomic E-state index is 12.8. The van der Waals surface area contributed by atoms with Crippen molar-refractivity contribution in [1.82, 2.24) is 4.90 Å². The minimum Gasteiger partial charge on any atom is -0.496 e. The molecule has 1 fully saturated rings. The van der Waals surface area contributed by atoms with Crippen LogP contribution in [0.1, 0.15) is 50.2 Å². The first-order valence-electron chi connectivity index (χ1n) is 10.7. The van der Waals surface area contributed by atoms with E-state index in [1.165, 1.54) is 5.56 Å². The Morgan fingerprint density at radius 1 is 1.13 bits per heavy atom. The SMILES string of the molecule is CO/C1=C(\C)C(=O)OC/C(=C/c2ccc(C)cc2)CC2CCCCN3C(=O)CC1=C23. The summed E-state index contributed by atoms with van der Waals surface area (Å²) in [4.78, 5) is 27.5. The van der Waals surface area contributed by atoms with E-state index in [1.807, 2.05) is 4.90 Å². The van der Waals surface area contributed by atoms with Crippen molar-refractivity contribution in [3.8, 4) is 0 Å². The molecule has 1 saturated heterocycles. The van der Waals surface area contributed by atoms with Crippen LogP contribution in [0, 0.1) is 12.8 Å². The molecular weight excluding hydrogens is 378 g/mol. The predicted molar refractivity (Wildman–Crippen MR) is 115 cm³/mol. The molecule has 3 heterocycles. The van der Waals surface area contributed by atoms with Crippen molar-refractivity contribution in [1.29, 1.82) is 0 Å². The Balaban J connectivity index is 1.81. The fraction of sp³-hybridized carbons (Fsp3) is 0.440. The van der Waals surface area contributed by atoms with Crippen molar-refractivity contribution in [2.24, 2.45) is 5.92 Å². The largest absolute Gasteiger partial charge is 0.496 e. The first kappa shape index (κ1) is 20.5. The number of esters is 1. The van der Waals surface area contributed by atoms with E-state index >= 15 is 0 Å². The van der Waals surface area contributed by atoms with Gasteiger partial charge in [-0.25, -0.2) is 4.79 Å². The van der Waals surface area contributed by atoms with Gasteiger partial charge in [0.15, 0.2) is 0 Å². The Kier molecular flexibility index (Phi) is 5.80. The number of hydrogen-bond donors (Lipinski definition) is 0. The number of carbonyl (C=O) groups is 2. The van der Waals surface area contributed by atoms with E-state index in [0.717, 1.165) is 54.6 Å². The minimum absolute atomic E-state index is 0.103. The van der Waals surface area contributed by atoms with Gasteiger partial charge in [0.2, 0.25) is 5.91 Å².